The largest absolute Gasteiger partial charge is 0.399 e. The van der Waals surface area contributed by atoms with Gasteiger partial charge in [0, 0.05) is 11.3 Å². The summed E-state index contributed by atoms with van der Waals surface area (Å²) in [5.74, 6) is 4.48. The molecular formula is C14H9F2N. The standard InChI is InChI=1S/C14H9F2N/c15-12-3-1-2-10(8-12)4-5-11-6-7-13(17)9-14(11)16/h1-3,6-9H,17H2. The first-order chi connectivity index (χ1) is 8.15. The molecule has 0 spiro atoms. The molecule has 2 aromatic carbocycles. The van der Waals surface area contributed by atoms with Crippen molar-refractivity contribution < 1.29 is 8.78 Å². The summed E-state index contributed by atoms with van der Waals surface area (Å²) < 4.78 is 26.2. The zero-order chi connectivity index (χ0) is 12.3. The van der Waals surface area contributed by atoms with Gasteiger partial charge in [0.2, 0.25) is 0 Å². The van der Waals surface area contributed by atoms with Crippen LogP contribution in [0.1, 0.15) is 11.1 Å². The fraction of sp³-hybridized carbons (Fsp3) is 0. The van der Waals surface area contributed by atoms with Gasteiger partial charge in [-0.1, -0.05) is 17.9 Å². The zero-order valence-electron chi connectivity index (χ0n) is 8.87. The van der Waals surface area contributed by atoms with Gasteiger partial charge in [0.25, 0.3) is 0 Å². The molecule has 0 amide bonds. The normalized spacial score (nSPS) is 9.53. The third kappa shape index (κ3) is 2.82. The van der Waals surface area contributed by atoms with Crippen LogP contribution in [0.4, 0.5) is 14.5 Å². The van der Waals surface area contributed by atoms with Crippen molar-refractivity contribution in [3.05, 3.63) is 65.2 Å². The van der Waals surface area contributed by atoms with Gasteiger partial charge in [0.05, 0.1) is 5.56 Å². The molecule has 2 N–H and O–H groups in total. The molecule has 0 aliphatic rings. The Hall–Kier alpha value is -2.34. The van der Waals surface area contributed by atoms with E-state index in [2.05, 4.69) is 11.8 Å². The Labute approximate surface area is 97.9 Å². The van der Waals surface area contributed by atoms with Gasteiger partial charge in [-0.05, 0) is 36.4 Å². The number of benzene rings is 2. The highest BCUT2D eigenvalue weighted by Gasteiger charge is 1.98. The van der Waals surface area contributed by atoms with Crippen molar-refractivity contribution in [1.82, 2.24) is 0 Å². The Morgan fingerprint density at radius 3 is 2.47 bits per heavy atom. The molecule has 0 fully saturated rings. The van der Waals surface area contributed by atoms with Crippen molar-refractivity contribution in [2.24, 2.45) is 0 Å². The summed E-state index contributed by atoms with van der Waals surface area (Å²) in [4.78, 5) is 0. The number of nitrogens with two attached hydrogens (primary N) is 1. The molecule has 0 aliphatic heterocycles. The molecule has 0 bridgehead atoms. The van der Waals surface area contributed by atoms with Crippen molar-refractivity contribution in [2.75, 3.05) is 5.73 Å². The second-order valence-electron chi connectivity index (χ2n) is 3.50. The van der Waals surface area contributed by atoms with Crippen LogP contribution in [0.5, 0.6) is 0 Å². The van der Waals surface area contributed by atoms with E-state index in [0.717, 1.165) is 0 Å². The van der Waals surface area contributed by atoms with E-state index >= 15 is 0 Å². The molecule has 2 aromatic rings. The predicted octanol–water partition coefficient (Wildman–Crippen LogP) is 2.95. The van der Waals surface area contributed by atoms with E-state index in [0.29, 0.717) is 11.3 Å². The topological polar surface area (TPSA) is 26.0 Å². The SMILES string of the molecule is Nc1ccc(C#Cc2cccc(F)c2)c(F)c1. The third-order valence-corrected chi connectivity index (χ3v) is 2.16. The molecule has 1 nitrogen and oxygen atoms in total. The second kappa shape index (κ2) is 4.67. The summed E-state index contributed by atoms with van der Waals surface area (Å²) in [6, 6.07) is 10.1. The average molecular weight is 229 g/mol. The summed E-state index contributed by atoms with van der Waals surface area (Å²) in [5, 5.41) is 0. The summed E-state index contributed by atoms with van der Waals surface area (Å²) in [6.07, 6.45) is 0. The summed E-state index contributed by atoms with van der Waals surface area (Å²) in [6.45, 7) is 0. The molecular weight excluding hydrogens is 220 g/mol. The lowest BCUT2D eigenvalue weighted by Gasteiger charge is -1.96. The Kier molecular flexibility index (Phi) is 3.06. The van der Waals surface area contributed by atoms with Crippen LogP contribution < -0.4 is 5.73 Å². The highest BCUT2D eigenvalue weighted by molar-refractivity contribution is 5.48. The number of hydrogen-bond acceptors (Lipinski definition) is 1. The highest BCUT2D eigenvalue weighted by atomic mass is 19.1. The van der Waals surface area contributed by atoms with Crippen molar-refractivity contribution in [1.29, 1.82) is 0 Å². The van der Waals surface area contributed by atoms with E-state index in [1.54, 1.807) is 18.2 Å². The molecule has 0 radical (unpaired) electrons. The number of anilines is 1. The van der Waals surface area contributed by atoms with Gasteiger partial charge in [0.15, 0.2) is 0 Å². The number of halogens is 2. The third-order valence-electron chi connectivity index (χ3n) is 2.16. The van der Waals surface area contributed by atoms with Crippen LogP contribution in [0.15, 0.2) is 42.5 Å². The first-order valence-corrected chi connectivity index (χ1v) is 4.98. The van der Waals surface area contributed by atoms with E-state index in [1.165, 1.54) is 24.3 Å². The van der Waals surface area contributed by atoms with E-state index in [9.17, 15) is 8.78 Å². The second-order valence-corrected chi connectivity index (χ2v) is 3.50. The van der Waals surface area contributed by atoms with Gasteiger partial charge >= 0.3 is 0 Å². The molecule has 0 aliphatic carbocycles. The molecule has 0 unspecified atom stereocenters. The number of rotatable bonds is 0. The minimum atomic E-state index is -0.478. The van der Waals surface area contributed by atoms with Crippen LogP contribution in [0, 0.1) is 23.5 Å². The summed E-state index contributed by atoms with van der Waals surface area (Å²) in [5.41, 5.74) is 6.50. The van der Waals surface area contributed by atoms with Crippen molar-refractivity contribution in [2.45, 2.75) is 0 Å². The number of nitrogen functional groups attached to an aromatic ring is 1. The maximum Gasteiger partial charge on any atom is 0.140 e. The van der Waals surface area contributed by atoms with Crippen LogP contribution in [-0.2, 0) is 0 Å². The maximum absolute atomic E-state index is 13.4. The van der Waals surface area contributed by atoms with Gasteiger partial charge in [-0.2, -0.15) is 0 Å². The smallest absolute Gasteiger partial charge is 0.140 e. The Morgan fingerprint density at radius 2 is 1.76 bits per heavy atom. The van der Waals surface area contributed by atoms with E-state index in [1.807, 2.05) is 0 Å². The van der Waals surface area contributed by atoms with E-state index in [-0.39, 0.29) is 11.4 Å². The molecule has 0 saturated carbocycles. The first kappa shape index (κ1) is 11.2. The predicted molar refractivity (Wildman–Crippen MR) is 63.2 cm³/mol. The maximum atomic E-state index is 13.4. The molecule has 0 saturated heterocycles. The highest BCUT2D eigenvalue weighted by Crippen LogP contribution is 2.10. The Balaban J connectivity index is 2.33. The molecule has 3 heteroatoms. The van der Waals surface area contributed by atoms with Gasteiger partial charge in [-0.15, -0.1) is 0 Å². The zero-order valence-corrected chi connectivity index (χ0v) is 8.87. The fourth-order valence-corrected chi connectivity index (χ4v) is 1.34. The Morgan fingerprint density at radius 1 is 0.941 bits per heavy atom. The van der Waals surface area contributed by atoms with Gasteiger partial charge in [0.1, 0.15) is 11.6 Å². The lowest BCUT2D eigenvalue weighted by Crippen LogP contribution is -1.89. The molecule has 84 valence electrons. The van der Waals surface area contributed by atoms with Crippen molar-refractivity contribution in [3.8, 4) is 11.8 Å². The summed E-state index contributed by atoms with van der Waals surface area (Å²) in [7, 11) is 0. The van der Waals surface area contributed by atoms with Gasteiger partial charge in [-0.25, -0.2) is 8.78 Å². The van der Waals surface area contributed by atoms with E-state index < -0.39 is 5.82 Å². The van der Waals surface area contributed by atoms with Gasteiger partial charge < -0.3 is 5.73 Å². The minimum Gasteiger partial charge on any atom is -0.399 e. The quantitative estimate of drug-likeness (QED) is 0.545. The average Bonchev–Trinajstić information content (AvgIpc) is 2.28. The summed E-state index contributed by atoms with van der Waals surface area (Å²) >= 11 is 0. The van der Waals surface area contributed by atoms with E-state index in [4.69, 9.17) is 5.73 Å². The lowest BCUT2D eigenvalue weighted by atomic mass is 10.1. The van der Waals surface area contributed by atoms with Crippen LogP contribution in [0.25, 0.3) is 0 Å². The fourth-order valence-electron chi connectivity index (χ4n) is 1.34. The first-order valence-electron chi connectivity index (χ1n) is 4.98. The minimum absolute atomic E-state index is 0.239. The molecule has 2 rings (SSSR count). The van der Waals surface area contributed by atoms with Crippen molar-refractivity contribution in [3.63, 3.8) is 0 Å². The Bertz CT molecular complexity index is 609. The monoisotopic (exact) mass is 229 g/mol. The van der Waals surface area contributed by atoms with Crippen LogP contribution in [-0.4, -0.2) is 0 Å². The number of hydrogen-bond donors (Lipinski definition) is 1. The molecule has 0 heterocycles. The molecule has 0 atom stereocenters. The molecule has 0 aromatic heterocycles. The van der Waals surface area contributed by atoms with Crippen molar-refractivity contribution >= 4 is 5.69 Å². The van der Waals surface area contributed by atoms with Crippen LogP contribution in [0.3, 0.4) is 0 Å². The van der Waals surface area contributed by atoms with Crippen LogP contribution >= 0.6 is 0 Å². The van der Waals surface area contributed by atoms with Gasteiger partial charge in [-0.3, -0.25) is 0 Å². The lowest BCUT2D eigenvalue weighted by molar-refractivity contribution is 0.625. The molecule has 17 heavy (non-hydrogen) atoms. The van der Waals surface area contributed by atoms with Crippen LogP contribution in [0.2, 0.25) is 0 Å².